The van der Waals surface area contributed by atoms with Gasteiger partial charge in [0.2, 0.25) is 0 Å². The molecule has 0 aromatic heterocycles. The van der Waals surface area contributed by atoms with Crippen LogP contribution in [0.2, 0.25) is 0 Å². The van der Waals surface area contributed by atoms with Crippen LogP contribution >= 0.6 is 15.9 Å². The monoisotopic (exact) mass is 248 g/mol. The van der Waals surface area contributed by atoms with Crippen molar-refractivity contribution in [2.24, 2.45) is 0 Å². The van der Waals surface area contributed by atoms with Crippen LogP contribution in [0, 0.1) is 15.9 Å². The fraction of sp³-hybridized carbons (Fsp3) is 0.143. The van der Waals surface area contributed by atoms with E-state index in [0.717, 1.165) is 6.07 Å². The molecule has 1 aromatic rings. The summed E-state index contributed by atoms with van der Waals surface area (Å²) in [5.41, 5.74) is -0.0132. The Morgan fingerprint density at radius 3 is 2.69 bits per heavy atom. The van der Waals surface area contributed by atoms with Crippen molar-refractivity contribution in [3.8, 4) is 0 Å². The number of nitrogens with one attached hydrogen (secondary N) is 1. The minimum atomic E-state index is -0.641. The third-order valence-corrected chi connectivity index (χ3v) is 2.11. The molecule has 0 aliphatic rings. The number of rotatable bonds is 2. The lowest BCUT2D eigenvalue weighted by molar-refractivity contribution is -0.384. The van der Waals surface area contributed by atoms with E-state index in [9.17, 15) is 14.5 Å². The average molecular weight is 249 g/mol. The Kier molecular flexibility index (Phi) is 2.82. The number of benzene rings is 1. The first-order valence-electron chi connectivity index (χ1n) is 3.37. The molecule has 0 heterocycles. The van der Waals surface area contributed by atoms with Gasteiger partial charge in [-0.05, 0) is 22.0 Å². The summed E-state index contributed by atoms with van der Waals surface area (Å²) in [5, 5.41) is 13.1. The predicted octanol–water partition coefficient (Wildman–Crippen LogP) is 2.54. The quantitative estimate of drug-likeness (QED) is 0.647. The molecule has 0 amide bonds. The van der Waals surface area contributed by atoms with Gasteiger partial charge in [-0.25, -0.2) is 4.39 Å². The molecule has 13 heavy (non-hydrogen) atoms. The molecule has 70 valence electrons. The summed E-state index contributed by atoms with van der Waals surface area (Å²) in [6.45, 7) is 0. The number of hydrogen-bond donors (Lipinski definition) is 1. The van der Waals surface area contributed by atoms with Gasteiger partial charge in [0.05, 0.1) is 15.5 Å². The lowest BCUT2D eigenvalue weighted by Gasteiger charge is -2.04. The van der Waals surface area contributed by atoms with E-state index < -0.39 is 10.7 Å². The molecule has 1 rings (SSSR count). The topological polar surface area (TPSA) is 55.2 Å². The predicted molar refractivity (Wildman–Crippen MR) is 50.3 cm³/mol. The first-order valence-corrected chi connectivity index (χ1v) is 4.16. The summed E-state index contributed by atoms with van der Waals surface area (Å²) < 4.78 is 13.1. The number of nitrogens with zero attached hydrogens (tertiary/aromatic N) is 1. The second-order valence-corrected chi connectivity index (χ2v) is 3.14. The van der Waals surface area contributed by atoms with E-state index in [1.807, 2.05) is 0 Å². The van der Waals surface area contributed by atoms with Gasteiger partial charge in [-0.2, -0.15) is 0 Å². The zero-order valence-corrected chi connectivity index (χ0v) is 8.26. The normalized spacial score (nSPS) is 9.77. The molecule has 0 unspecified atom stereocenters. The molecular formula is C7H6BrFN2O2. The van der Waals surface area contributed by atoms with Gasteiger partial charge < -0.3 is 5.32 Å². The summed E-state index contributed by atoms with van der Waals surface area (Å²) in [5.74, 6) is -0.641. The van der Waals surface area contributed by atoms with Crippen molar-refractivity contribution < 1.29 is 9.31 Å². The van der Waals surface area contributed by atoms with Crippen LogP contribution in [0.1, 0.15) is 0 Å². The molecular weight excluding hydrogens is 243 g/mol. The highest BCUT2D eigenvalue weighted by Gasteiger charge is 2.17. The minimum Gasteiger partial charge on any atom is -0.382 e. The lowest BCUT2D eigenvalue weighted by atomic mass is 10.2. The highest BCUT2D eigenvalue weighted by molar-refractivity contribution is 9.10. The second-order valence-electron chi connectivity index (χ2n) is 2.29. The molecule has 1 aromatic carbocycles. The van der Waals surface area contributed by atoms with Gasteiger partial charge in [0.15, 0.2) is 0 Å². The van der Waals surface area contributed by atoms with Gasteiger partial charge in [-0.15, -0.1) is 0 Å². The van der Waals surface area contributed by atoms with E-state index in [4.69, 9.17) is 0 Å². The summed E-state index contributed by atoms with van der Waals surface area (Å²) >= 11 is 3.02. The largest absolute Gasteiger partial charge is 0.382 e. The Hall–Kier alpha value is -1.17. The fourth-order valence-electron chi connectivity index (χ4n) is 0.951. The van der Waals surface area contributed by atoms with Crippen LogP contribution < -0.4 is 5.32 Å². The smallest absolute Gasteiger partial charge is 0.296 e. The summed E-state index contributed by atoms with van der Waals surface area (Å²) in [4.78, 5) is 9.82. The molecule has 0 atom stereocenters. The average Bonchev–Trinajstić information content (AvgIpc) is 2.02. The van der Waals surface area contributed by atoms with Crippen LogP contribution in [-0.4, -0.2) is 12.0 Å². The SMILES string of the molecule is CNc1c(Br)cc(F)cc1[N+](=O)[O-]. The highest BCUT2D eigenvalue weighted by Crippen LogP contribution is 2.32. The Balaban J connectivity index is 3.38. The van der Waals surface area contributed by atoms with Crippen LogP contribution in [0.4, 0.5) is 15.8 Å². The van der Waals surface area contributed by atoms with E-state index >= 15 is 0 Å². The first-order chi connectivity index (χ1) is 6.06. The van der Waals surface area contributed by atoms with Gasteiger partial charge in [0, 0.05) is 7.05 Å². The number of halogens is 2. The molecule has 0 radical (unpaired) electrons. The van der Waals surface area contributed by atoms with Crippen LogP contribution in [0.3, 0.4) is 0 Å². The Morgan fingerprint density at radius 2 is 2.23 bits per heavy atom. The first kappa shape index (κ1) is 9.91. The minimum absolute atomic E-state index is 0.270. The zero-order chi connectivity index (χ0) is 10.0. The number of nitro benzene ring substituents is 1. The highest BCUT2D eigenvalue weighted by atomic mass is 79.9. The van der Waals surface area contributed by atoms with E-state index in [2.05, 4.69) is 21.2 Å². The van der Waals surface area contributed by atoms with Crippen molar-refractivity contribution >= 4 is 27.3 Å². The Morgan fingerprint density at radius 1 is 1.62 bits per heavy atom. The van der Waals surface area contributed by atoms with E-state index in [1.165, 1.54) is 13.1 Å². The fourth-order valence-corrected chi connectivity index (χ4v) is 1.57. The second kappa shape index (κ2) is 3.69. The number of anilines is 1. The van der Waals surface area contributed by atoms with Crippen molar-refractivity contribution in [2.75, 3.05) is 12.4 Å². The molecule has 0 spiro atoms. The van der Waals surface area contributed by atoms with E-state index in [0.29, 0.717) is 4.47 Å². The lowest BCUT2D eigenvalue weighted by Crippen LogP contribution is -1.98. The standard InChI is InChI=1S/C7H6BrFN2O2/c1-10-7-5(8)2-4(9)3-6(7)11(12)13/h2-3,10H,1H3. The Labute approximate surface area is 82.0 Å². The van der Waals surface area contributed by atoms with Gasteiger partial charge in [-0.3, -0.25) is 10.1 Å². The summed E-state index contributed by atoms with van der Waals surface area (Å²) in [6, 6.07) is 2.04. The van der Waals surface area contributed by atoms with Crippen LogP contribution in [0.15, 0.2) is 16.6 Å². The van der Waals surface area contributed by atoms with Gasteiger partial charge in [0.25, 0.3) is 5.69 Å². The van der Waals surface area contributed by atoms with E-state index in [1.54, 1.807) is 0 Å². The van der Waals surface area contributed by atoms with Crippen LogP contribution in [0.25, 0.3) is 0 Å². The molecule has 0 saturated heterocycles. The van der Waals surface area contributed by atoms with Crippen molar-refractivity contribution in [3.05, 3.63) is 32.5 Å². The molecule has 0 aliphatic heterocycles. The van der Waals surface area contributed by atoms with Crippen LogP contribution in [0.5, 0.6) is 0 Å². The summed E-state index contributed by atoms with van der Waals surface area (Å²) in [6.07, 6.45) is 0. The number of hydrogen-bond acceptors (Lipinski definition) is 3. The third-order valence-electron chi connectivity index (χ3n) is 1.48. The maximum atomic E-state index is 12.7. The zero-order valence-electron chi connectivity index (χ0n) is 6.67. The third kappa shape index (κ3) is 1.95. The molecule has 6 heteroatoms. The number of nitro groups is 1. The molecule has 0 bridgehead atoms. The van der Waals surface area contributed by atoms with Crippen molar-refractivity contribution in [3.63, 3.8) is 0 Å². The van der Waals surface area contributed by atoms with Gasteiger partial charge in [-0.1, -0.05) is 0 Å². The summed E-state index contributed by atoms with van der Waals surface area (Å²) in [7, 11) is 1.53. The molecule has 4 nitrogen and oxygen atoms in total. The van der Waals surface area contributed by atoms with Crippen LogP contribution in [-0.2, 0) is 0 Å². The van der Waals surface area contributed by atoms with Crippen molar-refractivity contribution in [1.82, 2.24) is 0 Å². The molecule has 0 saturated carbocycles. The molecule has 0 fully saturated rings. The van der Waals surface area contributed by atoms with Crippen molar-refractivity contribution in [1.29, 1.82) is 0 Å². The molecule has 0 aliphatic carbocycles. The maximum absolute atomic E-state index is 12.7. The maximum Gasteiger partial charge on any atom is 0.296 e. The van der Waals surface area contributed by atoms with Crippen molar-refractivity contribution in [2.45, 2.75) is 0 Å². The van der Waals surface area contributed by atoms with E-state index in [-0.39, 0.29) is 11.4 Å². The van der Waals surface area contributed by atoms with Gasteiger partial charge >= 0.3 is 0 Å². The Bertz CT molecular complexity index is 357. The van der Waals surface area contributed by atoms with Gasteiger partial charge in [0.1, 0.15) is 11.5 Å². The molecule has 1 N–H and O–H groups in total.